The molecule has 18 heavy (non-hydrogen) atoms. The van der Waals surface area contributed by atoms with Gasteiger partial charge in [0.05, 0.1) is 15.5 Å². The maximum atomic E-state index is 6.14. The number of thiazole rings is 1. The highest BCUT2D eigenvalue weighted by Crippen LogP contribution is 2.29. The second-order valence-corrected chi connectivity index (χ2v) is 7.26. The van der Waals surface area contributed by atoms with Gasteiger partial charge in [-0.25, -0.2) is 15.0 Å². The van der Waals surface area contributed by atoms with Gasteiger partial charge in [0.2, 0.25) is 0 Å². The van der Waals surface area contributed by atoms with Gasteiger partial charge >= 0.3 is 0 Å². The lowest BCUT2D eigenvalue weighted by atomic mass is 10.1. The Bertz CT molecular complexity index is 571. The molecule has 2 aromatic heterocycles. The molecule has 0 unspecified atom stereocenters. The van der Waals surface area contributed by atoms with Crippen LogP contribution in [0.4, 0.5) is 0 Å². The van der Waals surface area contributed by atoms with Crippen molar-refractivity contribution in [3.63, 3.8) is 0 Å². The van der Waals surface area contributed by atoms with Crippen LogP contribution in [0.3, 0.4) is 0 Å². The minimum Gasteiger partial charge on any atom is -0.240 e. The fraction of sp³-hybridized carbons (Fsp3) is 0.364. The van der Waals surface area contributed by atoms with E-state index < -0.39 is 0 Å². The molecule has 7 heteroatoms. The predicted octanol–water partition coefficient (Wildman–Crippen LogP) is 4.71. The van der Waals surface area contributed by atoms with Gasteiger partial charge in [0.1, 0.15) is 9.49 Å². The Morgan fingerprint density at radius 2 is 2.06 bits per heavy atom. The molecular weight excluding hydrogens is 404 g/mol. The van der Waals surface area contributed by atoms with E-state index in [9.17, 15) is 0 Å². The third-order valence-corrected chi connectivity index (χ3v) is 4.99. The minimum atomic E-state index is 0.475. The molecule has 0 radical (unpaired) electrons. The molecule has 0 N–H and O–H groups in total. The first kappa shape index (κ1) is 14.4. The lowest BCUT2D eigenvalue weighted by Gasteiger charge is -2.08. The fourth-order valence-electron chi connectivity index (χ4n) is 1.44. The Kier molecular flexibility index (Phi) is 4.80. The first-order valence-corrected chi connectivity index (χ1v) is 7.96. The topological polar surface area (TPSA) is 38.7 Å². The quantitative estimate of drug-likeness (QED) is 0.540. The highest BCUT2D eigenvalue weighted by Gasteiger charge is 2.15. The molecular formula is C11H10Cl2IN3S. The molecule has 0 bridgehead atoms. The first-order chi connectivity index (χ1) is 8.47. The molecule has 2 heterocycles. The van der Waals surface area contributed by atoms with Crippen LogP contribution in [0.5, 0.6) is 0 Å². The largest absolute Gasteiger partial charge is 0.240 e. The summed E-state index contributed by atoms with van der Waals surface area (Å²) in [4.78, 5) is 13.0. The van der Waals surface area contributed by atoms with Gasteiger partial charge in [-0.15, -0.1) is 0 Å². The summed E-state index contributed by atoms with van der Waals surface area (Å²) in [6, 6.07) is 0. The van der Waals surface area contributed by atoms with Crippen molar-refractivity contribution >= 4 is 57.1 Å². The van der Waals surface area contributed by atoms with E-state index in [0.29, 0.717) is 26.2 Å². The molecule has 2 rings (SSSR count). The summed E-state index contributed by atoms with van der Waals surface area (Å²) >= 11 is 15.5. The van der Waals surface area contributed by atoms with Crippen LogP contribution in [0, 0.1) is 9.49 Å². The molecule has 0 aliphatic heterocycles. The number of nitrogens with zero attached hydrogens (tertiary/aromatic N) is 3. The van der Waals surface area contributed by atoms with Gasteiger partial charge in [0.25, 0.3) is 0 Å². The van der Waals surface area contributed by atoms with Crippen LogP contribution in [0.2, 0.25) is 9.49 Å². The summed E-state index contributed by atoms with van der Waals surface area (Å²) in [6.07, 6.45) is 2.46. The van der Waals surface area contributed by atoms with Crippen LogP contribution in [0.15, 0.2) is 6.20 Å². The molecule has 3 nitrogen and oxygen atoms in total. The van der Waals surface area contributed by atoms with Crippen molar-refractivity contribution in [3.8, 4) is 10.8 Å². The maximum Gasteiger partial charge on any atom is 0.190 e. The summed E-state index contributed by atoms with van der Waals surface area (Å²) in [5.74, 6) is 1.06. The highest BCUT2D eigenvalue weighted by atomic mass is 127. The van der Waals surface area contributed by atoms with Crippen molar-refractivity contribution in [3.05, 3.63) is 25.0 Å². The van der Waals surface area contributed by atoms with Crippen LogP contribution >= 0.6 is 57.1 Å². The number of aromatic nitrogens is 3. The van der Waals surface area contributed by atoms with Gasteiger partial charge in [0.15, 0.2) is 10.8 Å². The van der Waals surface area contributed by atoms with Gasteiger partial charge in [-0.3, -0.25) is 0 Å². The Hall–Kier alpha value is 0.0200. The van der Waals surface area contributed by atoms with E-state index in [2.05, 4.69) is 51.4 Å². The molecule has 96 valence electrons. The number of halogens is 3. The Morgan fingerprint density at radius 1 is 1.33 bits per heavy atom. The van der Waals surface area contributed by atoms with Crippen molar-refractivity contribution in [2.75, 3.05) is 0 Å². The summed E-state index contributed by atoms with van der Waals surface area (Å²) in [7, 11) is 0. The van der Waals surface area contributed by atoms with Gasteiger partial charge in [-0.05, 0) is 34.9 Å². The third-order valence-electron chi connectivity index (χ3n) is 2.15. The van der Waals surface area contributed by atoms with E-state index in [1.54, 1.807) is 6.20 Å². The number of hydrogen-bond donors (Lipinski definition) is 0. The monoisotopic (exact) mass is 413 g/mol. The molecule has 0 saturated heterocycles. The Morgan fingerprint density at radius 3 is 2.61 bits per heavy atom. The van der Waals surface area contributed by atoms with Crippen LogP contribution < -0.4 is 0 Å². The van der Waals surface area contributed by atoms with E-state index in [0.717, 1.165) is 15.7 Å². The van der Waals surface area contributed by atoms with Crippen LogP contribution in [0.25, 0.3) is 10.8 Å². The molecule has 0 aliphatic rings. The zero-order valence-electron chi connectivity index (χ0n) is 9.75. The number of rotatable bonds is 3. The van der Waals surface area contributed by atoms with Crippen molar-refractivity contribution in [1.29, 1.82) is 0 Å². The molecule has 0 amide bonds. The van der Waals surface area contributed by atoms with Crippen LogP contribution in [-0.4, -0.2) is 15.0 Å². The Balaban J connectivity index is 2.46. The SMILES string of the molecule is CC(C)Cc1nc(-c2ncc(Cl)s2)nc(Cl)c1I. The zero-order chi connectivity index (χ0) is 13.3. The molecule has 0 aromatic carbocycles. The van der Waals surface area contributed by atoms with Gasteiger partial charge in [-0.1, -0.05) is 48.4 Å². The van der Waals surface area contributed by atoms with Gasteiger partial charge < -0.3 is 0 Å². The number of hydrogen-bond acceptors (Lipinski definition) is 4. The van der Waals surface area contributed by atoms with Crippen LogP contribution in [0.1, 0.15) is 19.5 Å². The first-order valence-electron chi connectivity index (χ1n) is 5.31. The normalized spacial score (nSPS) is 11.2. The average molecular weight is 414 g/mol. The minimum absolute atomic E-state index is 0.475. The van der Waals surface area contributed by atoms with Crippen molar-refractivity contribution in [1.82, 2.24) is 15.0 Å². The smallest absolute Gasteiger partial charge is 0.190 e. The van der Waals surface area contributed by atoms with E-state index in [-0.39, 0.29) is 0 Å². The second kappa shape index (κ2) is 5.98. The van der Waals surface area contributed by atoms with E-state index >= 15 is 0 Å². The molecule has 0 fully saturated rings. The zero-order valence-corrected chi connectivity index (χ0v) is 14.2. The van der Waals surface area contributed by atoms with Crippen molar-refractivity contribution in [2.24, 2.45) is 5.92 Å². The summed E-state index contributed by atoms with van der Waals surface area (Å²) < 4.78 is 1.53. The molecule has 0 aliphatic carbocycles. The summed E-state index contributed by atoms with van der Waals surface area (Å²) in [5, 5.41) is 1.17. The van der Waals surface area contributed by atoms with E-state index in [4.69, 9.17) is 23.2 Å². The lowest BCUT2D eigenvalue weighted by molar-refractivity contribution is 0.632. The lowest BCUT2D eigenvalue weighted by Crippen LogP contribution is -2.04. The second-order valence-electron chi connectivity index (χ2n) is 4.17. The predicted molar refractivity (Wildman–Crippen MR) is 84.4 cm³/mol. The molecule has 2 aromatic rings. The maximum absolute atomic E-state index is 6.14. The summed E-state index contributed by atoms with van der Waals surface area (Å²) in [5.41, 5.74) is 0.965. The van der Waals surface area contributed by atoms with Gasteiger partial charge in [0, 0.05) is 0 Å². The van der Waals surface area contributed by atoms with Crippen LogP contribution in [-0.2, 0) is 6.42 Å². The third kappa shape index (κ3) is 3.31. The highest BCUT2D eigenvalue weighted by molar-refractivity contribution is 14.1. The molecule has 0 spiro atoms. The van der Waals surface area contributed by atoms with Gasteiger partial charge in [-0.2, -0.15) is 0 Å². The summed E-state index contributed by atoms with van der Waals surface area (Å²) in [6.45, 7) is 4.29. The van der Waals surface area contributed by atoms with E-state index in [1.807, 2.05) is 0 Å². The van der Waals surface area contributed by atoms with E-state index in [1.165, 1.54) is 11.3 Å². The fourth-order valence-corrected chi connectivity index (χ4v) is 2.94. The van der Waals surface area contributed by atoms with Crippen molar-refractivity contribution in [2.45, 2.75) is 20.3 Å². The standard InChI is InChI=1S/C11H10Cl2IN3S/c1-5(2)3-6-8(14)9(13)17-10(16-6)11-15-4-7(12)18-11/h4-5H,3H2,1-2H3. The average Bonchev–Trinajstić information content (AvgIpc) is 2.70. The Labute approximate surface area is 133 Å². The van der Waals surface area contributed by atoms with Crippen molar-refractivity contribution < 1.29 is 0 Å². The molecule has 0 atom stereocenters. The molecule has 0 saturated carbocycles.